The summed E-state index contributed by atoms with van der Waals surface area (Å²) < 4.78 is 10.6. The number of aromatic nitrogens is 2. The van der Waals surface area contributed by atoms with Gasteiger partial charge in [-0.1, -0.05) is 23.3 Å². The Morgan fingerprint density at radius 1 is 1.29 bits per heavy atom. The number of benzene rings is 1. The second-order valence-corrected chi connectivity index (χ2v) is 8.47. The van der Waals surface area contributed by atoms with E-state index in [2.05, 4.69) is 33.7 Å². The van der Waals surface area contributed by atoms with E-state index >= 15 is 0 Å². The third kappa shape index (κ3) is 3.45. The zero-order chi connectivity index (χ0) is 19.1. The Morgan fingerprint density at radius 3 is 2.75 bits per heavy atom. The molecule has 6 rings (SSSR count). The van der Waals surface area contributed by atoms with Crippen molar-refractivity contribution in [1.82, 2.24) is 15.1 Å². The Labute approximate surface area is 167 Å². The van der Waals surface area contributed by atoms with Crippen molar-refractivity contribution in [3.8, 4) is 5.75 Å². The minimum Gasteiger partial charge on any atom is -0.489 e. The van der Waals surface area contributed by atoms with Crippen LogP contribution in [0.1, 0.15) is 53.4 Å². The standard InChI is InChI=1S/C12H18N4O2.C9H8O.2H2/c1-9(14-11-15-13-8-18-11)10(17)16-6-4-12(2-3-12)5-7-16;1-2-4-8-6(3-1)7-5-9(7)10-8;;/h8-9H,2-7H2,1H3,(H,14,15);1-4,7,9H,5H2;2*1H/t9-;7-,9?;;/m10../s1. The van der Waals surface area contributed by atoms with Crippen molar-refractivity contribution >= 4 is 11.9 Å². The molecule has 1 saturated heterocycles. The van der Waals surface area contributed by atoms with E-state index in [0.29, 0.717) is 17.5 Å². The van der Waals surface area contributed by atoms with Crippen LogP contribution < -0.4 is 10.1 Å². The molecule has 28 heavy (non-hydrogen) atoms. The Bertz CT molecular complexity index is 850. The Balaban J connectivity index is 0.000000181. The summed E-state index contributed by atoms with van der Waals surface area (Å²) in [6.45, 7) is 3.59. The second-order valence-electron chi connectivity index (χ2n) is 8.47. The molecule has 1 aromatic heterocycles. The monoisotopic (exact) mass is 386 g/mol. The number of anilines is 1. The first-order valence-electron chi connectivity index (χ1n) is 10.2. The minimum absolute atomic E-state index is 0. The van der Waals surface area contributed by atoms with Gasteiger partial charge in [0.15, 0.2) is 0 Å². The van der Waals surface area contributed by atoms with Crippen LogP contribution in [0, 0.1) is 5.41 Å². The molecule has 1 amide bonds. The lowest BCUT2D eigenvalue weighted by atomic mass is 9.93. The maximum Gasteiger partial charge on any atom is 0.315 e. The van der Waals surface area contributed by atoms with Gasteiger partial charge in [-0.3, -0.25) is 4.79 Å². The molecule has 7 heteroatoms. The molecule has 7 nitrogen and oxygen atoms in total. The first-order valence-corrected chi connectivity index (χ1v) is 10.2. The number of hydrogen-bond donors (Lipinski definition) is 1. The molecule has 4 aliphatic rings. The van der Waals surface area contributed by atoms with Crippen molar-refractivity contribution in [3.05, 3.63) is 36.2 Å². The highest BCUT2D eigenvalue weighted by atomic mass is 16.5. The number of ether oxygens (including phenoxy) is 1. The molecule has 0 radical (unpaired) electrons. The summed E-state index contributed by atoms with van der Waals surface area (Å²) in [5, 5.41) is 10.2. The van der Waals surface area contributed by atoms with Crippen LogP contribution >= 0.6 is 0 Å². The van der Waals surface area contributed by atoms with Crippen LogP contribution in [0.15, 0.2) is 35.1 Å². The van der Waals surface area contributed by atoms with Gasteiger partial charge in [0.1, 0.15) is 17.9 Å². The fourth-order valence-electron chi connectivity index (χ4n) is 4.32. The third-order valence-corrected chi connectivity index (χ3v) is 6.49. The van der Waals surface area contributed by atoms with Crippen molar-refractivity contribution in [2.24, 2.45) is 5.41 Å². The van der Waals surface area contributed by atoms with E-state index < -0.39 is 0 Å². The fourth-order valence-corrected chi connectivity index (χ4v) is 4.32. The van der Waals surface area contributed by atoms with Gasteiger partial charge in [0, 0.05) is 27.4 Å². The van der Waals surface area contributed by atoms with Gasteiger partial charge in [0.2, 0.25) is 12.3 Å². The summed E-state index contributed by atoms with van der Waals surface area (Å²) in [6.07, 6.45) is 8.06. The van der Waals surface area contributed by atoms with Crippen molar-refractivity contribution in [2.75, 3.05) is 18.4 Å². The van der Waals surface area contributed by atoms with Crippen LogP contribution in [0.3, 0.4) is 0 Å². The first kappa shape index (κ1) is 17.5. The Morgan fingerprint density at radius 2 is 2.07 bits per heavy atom. The van der Waals surface area contributed by atoms with E-state index in [1.807, 2.05) is 17.9 Å². The predicted octanol–water partition coefficient (Wildman–Crippen LogP) is 3.70. The Hall–Kier alpha value is -2.57. The first-order chi connectivity index (χ1) is 13.6. The molecule has 2 aliphatic carbocycles. The fraction of sp³-hybridized carbons (Fsp3) is 0.571. The van der Waals surface area contributed by atoms with Gasteiger partial charge in [0.05, 0.1) is 0 Å². The van der Waals surface area contributed by atoms with Gasteiger partial charge in [0.25, 0.3) is 0 Å². The summed E-state index contributed by atoms with van der Waals surface area (Å²) in [7, 11) is 0. The molecule has 152 valence electrons. The molecule has 2 aromatic rings. The van der Waals surface area contributed by atoms with Gasteiger partial charge in [-0.05, 0) is 50.5 Å². The maximum atomic E-state index is 12.2. The largest absolute Gasteiger partial charge is 0.489 e. The van der Waals surface area contributed by atoms with Crippen LogP contribution in [0.5, 0.6) is 5.75 Å². The number of amides is 1. The Kier molecular flexibility index (Phi) is 4.25. The molecule has 3 fully saturated rings. The van der Waals surface area contributed by atoms with E-state index in [4.69, 9.17) is 9.15 Å². The average molecular weight is 386 g/mol. The molecule has 1 spiro atoms. The highest BCUT2D eigenvalue weighted by molar-refractivity contribution is 5.83. The molecule has 3 atom stereocenters. The van der Waals surface area contributed by atoms with Crippen molar-refractivity contribution < 1.29 is 16.8 Å². The molecule has 0 bridgehead atoms. The second kappa shape index (κ2) is 6.79. The van der Waals surface area contributed by atoms with E-state index in [9.17, 15) is 4.79 Å². The highest BCUT2D eigenvalue weighted by Crippen LogP contribution is 2.54. The summed E-state index contributed by atoms with van der Waals surface area (Å²) in [6, 6.07) is 8.33. The van der Waals surface area contributed by atoms with Crippen molar-refractivity contribution in [3.63, 3.8) is 0 Å². The topological polar surface area (TPSA) is 80.5 Å². The van der Waals surface area contributed by atoms with Crippen LogP contribution in [0.4, 0.5) is 6.01 Å². The zero-order valence-corrected chi connectivity index (χ0v) is 16.1. The lowest BCUT2D eigenvalue weighted by Crippen LogP contribution is -2.45. The number of carbonyl (C=O) groups is 1. The summed E-state index contributed by atoms with van der Waals surface area (Å²) in [5.41, 5.74) is 2.02. The molecule has 2 saturated carbocycles. The smallest absolute Gasteiger partial charge is 0.315 e. The van der Waals surface area contributed by atoms with E-state index in [1.54, 1.807) is 0 Å². The van der Waals surface area contributed by atoms with Crippen molar-refractivity contribution in [1.29, 1.82) is 0 Å². The van der Waals surface area contributed by atoms with E-state index in [0.717, 1.165) is 37.6 Å². The van der Waals surface area contributed by atoms with Gasteiger partial charge in [-0.25, -0.2) is 0 Å². The quantitative estimate of drug-likeness (QED) is 0.866. The number of para-hydroxylation sites is 1. The number of hydrogen-bond acceptors (Lipinski definition) is 6. The molecule has 1 unspecified atom stereocenters. The van der Waals surface area contributed by atoms with Gasteiger partial charge < -0.3 is 19.4 Å². The third-order valence-electron chi connectivity index (χ3n) is 6.49. The SMILES string of the molecule is C[C@@H](Nc1nnco1)C(=O)N1CCC2(CC1)CC2.[HH].[HH].c1ccc2c(c1)OC1C[C@@H]21. The molecular formula is C21H30N4O3. The molecule has 1 N–H and O–H groups in total. The predicted molar refractivity (Wildman–Crippen MR) is 107 cm³/mol. The number of likely N-dealkylation sites (tertiary alicyclic amines) is 1. The van der Waals surface area contributed by atoms with E-state index in [-0.39, 0.29) is 14.8 Å². The van der Waals surface area contributed by atoms with Gasteiger partial charge in [-0.15, -0.1) is 5.10 Å². The van der Waals surface area contributed by atoms with Crippen LogP contribution in [0.25, 0.3) is 0 Å². The highest BCUT2D eigenvalue weighted by Gasteiger charge is 2.47. The van der Waals surface area contributed by atoms with Gasteiger partial charge in [-0.2, -0.15) is 0 Å². The number of nitrogens with zero attached hydrogens (tertiary/aromatic N) is 3. The van der Waals surface area contributed by atoms with Crippen LogP contribution in [-0.4, -0.2) is 46.2 Å². The number of nitrogens with one attached hydrogen (secondary N) is 1. The van der Waals surface area contributed by atoms with Crippen LogP contribution in [0.2, 0.25) is 0 Å². The van der Waals surface area contributed by atoms with Gasteiger partial charge >= 0.3 is 6.01 Å². The lowest BCUT2D eigenvalue weighted by Gasteiger charge is -2.33. The van der Waals surface area contributed by atoms with Crippen molar-refractivity contribution in [2.45, 2.75) is 57.1 Å². The number of fused-ring (bicyclic) bond motifs is 3. The summed E-state index contributed by atoms with van der Waals surface area (Å²) >= 11 is 0. The normalized spacial score (nSPS) is 26.2. The summed E-state index contributed by atoms with van der Waals surface area (Å²) in [5.74, 6) is 1.98. The average Bonchev–Trinajstić information content (AvgIpc) is 3.56. The molecular weight excluding hydrogens is 356 g/mol. The summed E-state index contributed by atoms with van der Waals surface area (Å²) in [4.78, 5) is 14.2. The number of carbonyl (C=O) groups excluding carboxylic acids is 1. The molecule has 3 heterocycles. The number of rotatable bonds is 3. The molecule has 2 aliphatic heterocycles. The lowest BCUT2D eigenvalue weighted by molar-refractivity contribution is -0.133. The zero-order valence-electron chi connectivity index (χ0n) is 16.1. The van der Waals surface area contributed by atoms with Crippen LogP contribution in [-0.2, 0) is 4.79 Å². The van der Waals surface area contributed by atoms with E-state index in [1.165, 1.54) is 31.2 Å². The maximum absolute atomic E-state index is 12.2. The minimum atomic E-state index is -0.321. The molecule has 1 aromatic carbocycles. The number of piperidine rings is 1.